The van der Waals surface area contributed by atoms with E-state index in [1.54, 1.807) is 0 Å². The molecule has 1 fully saturated rings. The molecule has 0 aromatic heterocycles. The predicted molar refractivity (Wildman–Crippen MR) is 94.2 cm³/mol. The Balaban J connectivity index is 2.44. The first kappa shape index (κ1) is 20.3. The maximum Gasteiger partial charge on any atom is 0.339 e. The van der Waals surface area contributed by atoms with Crippen molar-refractivity contribution in [2.75, 3.05) is 20.8 Å². The number of methoxy groups -OCH3 is 2. The third-order valence-electron chi connectivity index (χ3n) is 4.62. The molecule has 0 spiro atoms. The van der Waals surface area contributed by atoms with Gasteiger partial charge < -0.3 is 15.2 Å². The van der Waals surface area contributed by atoms with E-state index in [0.29, 0.717) is 13.0 Å². The fourth-order valence-electron chi connectivity index (χ4n) is 3.18. The van der Waals surface area contributed by atoms with Gasteiger partial charge in [0.25, 0.3) is 0 Å². The highest BCUT2D eigenvalue weighted by Gasteiger charge is 2.31. The summed E-state index contributed by atoms with van der Waals surface area (Å²) in [5.74, 6) is -1.47. The van der Waals surface area contributed by atoms with Crippen LogP contribution in [-0.4, -0.2) is 47.2 Å². The van der Waals surface area contributed by atoms with E-state index in [1.165, 1.54) is 19.2 Å². The Hall–Kier alpha value is -1.97. The quantitative estimate of drug-likeness (QED) is 0.702. The highest BCUT2D eigenvalue weighted by Crippen LogP contribution is 2.26. The minimum absolute atomic E-state index is 0.0274. The van der Waals surface area contributed by atoms with Gasteiger partial charge >= 0.3 is 11.9 Å². The van der Waals surface area contributed by atoms with Gasteiger partial charge in [-0.3, -0.25) is 0 Å². The molecule has 8 nitrogen and oxygen atoms in total. The Labute approximate surface area is 153 Å². The van der Waals surface area contributed by atoms with E-state index in [9.17, 15) is 18.0 Å². The molecule has 0 saturated heterocycles. The maximum absolute atomic E-state index is 13.0. The van der Waals surface area contributed by atoms with Gasteiger partial charge in [0, 0.05) is 6.04 Å². The number of esters is 2. The Morgan fingerprint density at radius 1 is 1.15 bits per heavy atom. The van der Waals surface area contributed by atoms with Gasteiger partial charge in [0.15, 0.2) is 0 Å². The Kier molecular flexibility index (Phi) is 6.74. The number of ether oxygens (including phenoxy) is 2. The zero-order valence-corrected chi connectivity index (χ0v) is 15.7. The van der Waals surface area contributed by atoms with Crippen molar-refractivity contribution in [3.05, 3.63) is 29.3 Å². The van der Waals surface area contributed by atoms with Crippen molar-refractivity contribution in [2.24, 2.45) is 11.7 Å². The second-order valence-electron chi connectivity index (χ2n) is 6.20. The minimum Gasteiger partial charge on any atom is -0.465 e. The van der Waals surface area contributed by atoms with Crippen LogP contribution in [0.5, 0.6) is 0 Å². The number of nitrogens with one attached hydrogen (secondary N) is 1. The van der Waals surface area contributed by atoms with E-state index in [-0.39, 0.29) is 28.0 Å². The zero-order valence-electron chi connectivity index (χ0n) is 14.9. The van der Waals surface area contributed by atoms with Crippen molar-refractivity contribution in [3.63, 3.8) is 0 Å². The average Bonchev–Trinajstić information content (AvgIpc) is 2.66. The van der Waals surface area contributed by atoms with Gasteiger partial charge in [-0.05, 0) is 43.5 Å². The first-order valence-corrected chi connectivity index (χ1v) is 9.85. The number of carbonyl (C=O) groups excluding carboxylic acids is 2. The SMILES string of the molecule is COC(=O)c1ccc(C(=O)OC)c(S(=O)(=O)NC2CCCCC2CN)c1. The van der Waals surface area contributed by atoms with Crippen molar-refractivity contribution in [1.82, 2.24) is 4.72 Å². The number of rotatable bonds is 6. The fourth-order valence-corrected chi connectivity index (χ4v) is 4.73. The van der Waals surface area contributed by atoms with Crippen LogP contribution < -0.4 is 10.5 Å². The minimum atomic E-state index is -4.07. The molecule has 1 aromatic rings. The Morgan fingerprint density at radius 3 is 2.42 bits per heavy atom. The molecule has 26 heavy (non-hydrogen) atoms. The van der Waals surface area contributed by atoms with Crippen LogP contribution in [0.25, 0.3) is 0 Å². The standard InChI is InChI=1S/C17H24N2O6S/c1-24-16(20)11-7-8-13(17(21)25-2)15(9-11)26(22,23)19-14-6-4-3-5-12(14)10-18/h7-9,12,14,19H,3-6,10,18H2,1-2H3. The van der Waals surface area contributed by atoms with E-state index in [4.69, 9.17) is 5.73 Å². The molecular weight excluding hydrogens is 360 g/mol. The smallest absolute Gasteiger partial charge is 0.339 e. The molecule has 0 heterocycles. The number of carbonyl (C=O) groups is 2. The highest BCUT2D eigenvalue weighted by atomic mass is 32.2. The van der Waals surface area contributed by atoms with Crippen molar-refractivity contribution in [2.45, 2.75) is 36.6 Å². The van der Waals surface area contributed by atoms with Gasteiger partial charge in [-0.1, -0.05) is 12.8 Å². The molecule has 0 bridgehead atoms. The number of hydrogen-bond acceptors (Lipinski definition) is 7. The first-order valence-electron chi connectivity index (χ1n) is 8.37. The third-order valence-corrected chi connectivity index (χ3v) is 6.15. The Morgan fingerprint density at radius 2 is 1.81 bits per heavy atom. The van der Waals surface area contributed by atoms with Crippen molar-refractivity contribution in [3.8, 4) is 0 Å². The first-order chi connectivity index (χ1) is 12.3. The van der Waals surface area contributed by atoms with Crippen LogP contribution in [0.15, 0.2) is 23.1 Å². The van der Waals surface area contributed by atoms with E-state index in [1.807, 2.05) is 0 Å². The fraction of sp³-hybridized carbons (Fsp3) is 0.529. The van der Waals surface area contributed by atoms with Crippen molar-refractivity contribution < 1.29 is 27.5 Å². The molecule has 0 amide bonds. The molecule has 1 aromatic carbocycles. The molecule has 2 atom stereocenters. The number of benzene rings is 1. The monoisotopic (exact) mass is 384 g/mol. The van der Waals surface area contributed by atoms with Crippen LogP contribution in [0.2, 0.25) is 0 Å². The largest absolute Gasteiger partial charge is 0.465 e. The van der Waals surface area contributed by atoms with E-state index >= 15 is 0 Å². The number of sulfonamides is 1. The molecular formula is C17H24N2O6S. The van der Waals surface area contributed by atoms with Gasteiger partial charge in [0.1, 0.15) is 0 Å². The lowest BCUT2D eigenvalue weighted by Crippen LogP contribution is -2.45. The summed E-state index contributed by atoms with van der Waals surface area (Å²) in [6.07, 6.45) is 3.42. The average molecular weight is 384 g/mol. The number of nitrogens with two attached hydrogens (primary N) is 1. The molecule has 1 aliphatic carbocycles. The van der Waals surface area contributed by atoms with E-state index in [0.717, 1.165) is 32.4 Å². The third kappa shape index (κ3) is 4.40. The zero-order chi connectivity index (χ0) is 19.3. The van der Waals surface area contributed by atoms with Crippen molar-refractivity contribution in [1.29, 1.82) is 0 Å². The number of hydrogen-bond donors (Lipinski definition) is 2. The summed E-state index contributed by atoms with van der Waals surface area (Å²) < 4.78 is 37.8. The van der Waals surface area contributed by atoms with E-state index < -0.39 is 22.0 Å². The summed E-state index contributed by atoms with van der Waals surface area (Å²) in [6, 6.07) is 3.38. The summed E-state index contributed by atoms with van der Waals surface area (Å²) in [6.45, 7) is 0.374. The lowest BCUT2D eigenvalue weighted by molar-refractivity contribution is 0.0583. The molecule has 9 heteroatoms. The molecule has 2 unspecified atom stereocenters. The molecule has 0 radical (unpaired) electrons. The highest BCUT2D eigenvalue weighted by molar-refractivity contribution is 7.89. The second kappa shape index (κ2) is 8.61. The van der Waals surface area contributed by atoms with Gasteiger partial charge in [-0.15, -0.1) is 0 Å². The summed E-state index contributed by atoms with van der Waals surface area (Å²) in [4.78, 5) is 23.4. The molecule has 144 valence electrons. The van der Waals surface area contributed by atoms with Gasteiger partial charge in [0.05, 0.1) is 30.2 Å². The van der Waals surface area contributed by atoms with Gasteiger partial charge in [-0.25, -0.2) is 22.7 Å². The normalized spacial score (nSPS) is 20.4. The van der Waals surface area contributed by atoms with Crippen LogP contribution in [0.4, 0.5) is 0 Å². The van der Waals surface area contributed by atoms with Crippen LogP contribution in [-0.2, 0) is 19.5 Å². The second-order valence-corrected chi connectivity index (χ2v) is 7.88. The molecule has 3 N–H and O–H groups in total. The lowest BCUT2D eigenvalue weighted by Gasteiger charge is -2.31. The van der Waals surface area contributed by atoms with Gasteiger partial charge in [-0.2, -0.15) is 0 Å². The summed E-state index contributed by atoms with van der Waals surface area (Å²) >= 11 is 0. The van der Waals surface area contributed by atoms with Crippen LogP contribution in [0, 0.1) is 5.92 Å². The molecule has 1 aliphatic rings. The lowest BCUT2D eigenvalue weighted by atomic mass is 9.85. The summed E-state index contributed by atoms with van der Waals surface area (Å²) in [5.41, 5.74) is 5.64. The summed E-state index contributed by atoms with van der Waals surface area (Å²) in [7, 11) is -1.72. The van der Waals surface area contributed by atoms with Crippen LogP contribution >= 0.6 is 0 Å². The summed E-state index contributed by atoms with van der Waals surface area (Å²) in [5, 5.41) is 0. The van der Waals surface area contributed by atoms with E-state index in [2.05, 4.69) is 14.2 Å². The topological polar surface area (TPSA) is 125 Å². The molecule has 0 aliphatic heterocycles. The molecule has 2 rings (SSSR count). The Bertz CT molecular complexity index is 777. The van der Waals surface area contributed by atoms with Gasteiger partial charge in [0.2, 0.25) is 10.0 Å². The van der Waals surface area contributed by atoms with Crippen molar-refractivity contribution >= 4 is 22.0 Å². The van der Waals surface area contributed by atoms with Crippen LogP contribution in [0.1, 0.15) is 46.4 Å². The van der Waals surface area contributed by atoms with Crippen LogP contribution in [0.3, 0.4) is 0 Å². The molecule has 1 saturated carbocycles. The maximum atomic E-state index is 13.0. The predicted octanol–water partition coefficient (Wildman–Crippen LogP) is 1.06.